The molecule has 20 heavy (non-hydrogen) atoms. The first kappa shape index (κ1) is 14.7. The molecule has 0 spiro atoms. The van der Waals surface area contributed by atoms with Gasteiger partial charge in [-0.05, 0) is 29.7 Å². The molecule has 0 radical (unpaired) electrons. The maximum Gasteiger partial charge on any atom is 0.309 e. The van der Waals surface area contributed by atoms with Crippen molar-refractivity contribution >= 4 is 17.7 Å². The molecule has 0 fully saturated rings. The highest BCUT2D eigenvalue weighted by atomic mass is 32.2. The van der Waals surface area contributed by atoms with Crippen LogP contribution in [0.1, 0.15) is 11.1 Å². The number of hydrogen-bond donors (Lipinski definition) is 0. The number of carbonyl (C=O) groups is 1. The molecule has 3 heteroatoms. The minimum atomic E-state index is -0.187. The van der Waals surface area contributed by atoms with E-state index in [4.69, 9.17) is 4.74 Å². The molecule has 0 atom stereocenters. The zero-order valence-electron chi connectivity index (χ0n) is 11.5. The van der Waals surface area contributed by atoms with Gasteiger partial charge in [0, 0.05) is 10.6 Å². The van der Waals surface area contributed by atoms with Gasteiger partial charge < -0.3 is 4.74 Å². The SMILES string of the molecule is COC(=O)Cc1ccccc1CCSc1ccccc1. The van der Waals surface area contributed by atoms with E-state index in [1.165, 1.54) is 17.6 Å². The van der Waals surface area contributed by atoms with E-state index < -0.39 is 0 Å². The smallest absolute Gasteiger partial charge is 0.309 e. The molecule has 0 aliphatic heterocycles. The molecule has 0 aliphatic rings. The van der Waals surface area contributed by atoms with Crippen LogP contribution in [-0.2, 0) is 22.4 Å². The molecule has 0 aromatic heterocycles. The molecule has 2 aromatic rings. The summed E-state index contributed by atoms with van der Waals surface area (Å²) < 4.78 is 4.74. The Labute approximate surface area is 124 Å². The highest BCUT2D eigenvalue weighted by Gasteiger charge is 2.07. The van der Waals surface area contributed by atoms with E-state index in [1.54, 1.807) is 0 Å². The number of hydrogen-bond acceptors (Lipinski definition) is 3. The number of thioether (sulfide) groups is 1. The van der Waals surface area contributed by atoms with Crippen molar-refractivity contribution in [3.63, 3.8) is 0 Å². The van der Waals surface area contributed by atoms with Crippen molar-refractivity contribution in [1.29, 1.82) is 0 Å². The van der Waals surface area contributed by atoms with Gasteiger partial charge in [0.1, 0.15) is 0 Å². The molecule has 2 aromatic carbocycles. The van der Waals surface area contributed by atoms with Crippen molar-refractivity contribution in [1.82, 2.24) is 0 Å². The molecule has 0 unspecified atom stereocenters. The van der Waals surface area contributed by atoms with Gasteiger partial charge in [-0.25, -0.2) is 0 Å². The highest BCUT2D eigenvalue weighted by Crippen LogP contribution is 2.20. The van der Waals surface area contributed by atoms with Gasteiger partial charge >= 0.3 is 5.97 Å². The zero-order valence-corrected chi connectivity index (χ0v) is 12.4. The lowest BCUT2D eigenvalue weighted by molar-refractivity contribution is -0.139. The van der Waals surface area contributed by atoms with E-state index in [0.717, 1.165) is 17.7 Å². The average molecular weight is 286 g/mol. The lowest BCUT2D eigenvalue weighted by atomic mass is 10.0. The Balaban J connectivity index is 1.94. The van der Waals surface area contributed by atoms with Crippen LogP contribution in [0.2, 0.25) is 0 Å². The molecule has 104 valence electrons. The fourth-order valence-electron chi connectivity index (χ4n) is 2.00. The number of aryl methyl sites for hydroxylation is 1. The fraction of sp³-hybridized carbons (Fsp3) is 0.235. The summed E-state index contributed by atoms with van der Waals surface area (Å²) in [5.41, 5.74) is 2.29. The monoisotopic (exact) mass is 286 g/mol. The van der Waals surface area contributed by atoms with Crippen molar-refractivity contribution in [2.24, 2.45) is 0 Å². The van der Waals surface area contributed by atoms with Crippen LogP contribution in [0, 0.1) is 0 Å². The number of methoxy groups -OCH3 is 1. The molecule has 2 rings (SSSR count). The number of benzene rings is 2. The van der Waals surface area contributed by atoms with Crippen LogP contribution < -0.4 is 0 Å². The summed E-state index contributed by atoms with van der Waals surface area (Å²) in [6.07, 6.45) is 1.30. The molecular weight excluding hydrogens is 268 g/mol. The Morgan fingerprint density at radius 3 is 2.35 bits per heavy atom. The maximum absolute atomic E-state index is 11.4. The minimum absolute atomic E-state index is 0.187. The number of rotatable bonds is 6. The topological polar surface area (TPSA) is 26.3 Å². The summed E-state index contributed by atoms with van der Waals surface area (Å²) in [5, 5.41) is 0. The van der Waals surface area contributed by atoms with E-state index in [9.17, 15) is 4.79 Å². The maximum atomic E-state index is 11.4. The Morgan fingerprint density at radius 2 is 1.65 bits per heavy atom. The van der Waals surface area contributed by atoms with Gasteiger partial charge in [-0.2, -0.15) is 0 Å². The van der Waals surface area contributed by atoms with Crippen molar-refractivity contribution in [2.75, 3.05) is 12.9 Å². The van der Waals surface area contributed by atoms with Crippen LogP contribution in [0.5, 0.6) is 0 Å². The standard InChI is InChI=1S/C17H18O2S/c1-19-17(18)13-15-8-6-5-7-14(15)11-12-20-16-9-3-2-4-10-16/h2-10H,11-13H2,1H3. The van der Waals surface area contributed by atoms with Gasteiger partial charge in [0.2, 0.25) is 0 Å². The average Bonchev–Trinajstić information content (AvgIpc) is 2.50. The van der Waals surface area contributed by atoms with E-state index >= 15 is 0 Å². The molecule has 0 bridgehead atoms. The first-order chi connectivity index (χ1) is 9.79. The predicted octanol–water partition coefficient (Wildman–Crippen LogP) is 3.74. The molecular formula is C17H18O2S. The molecule has 2 nitrogen and oxygen atoms in total. The van der Waals surface area contributed by atoms with Crippen LogP contribution in [0.15, 0.2) is 59.5 Å². The fourth-order valence-corrected chi connectivity index (χ4v) is 2.90. The van der Waals surface area contributed by atoms with E-state index in [1.807, 2.05) is 48.2 Å². The van der Waals surface area contributed by atoms with Gasteiger partial charge in [0.25, 0.3) is 0 Å². The van der Waals surface area contributed by atoms with Crippen LogP contribution in [0.25, 0.3) is 0 Å². The van der Waals surface area contributed by atoms with Gasteiger partial charge in [-0.15, -0.1) is 11.8 Å². The molecule has 0 heterocycles. The van der Waals surface area contributed by atoms with E-state index in [-0.39, 0.29) is 5.97 Å². The van der Waals surface area contributed by atoms with E-state index in [2.05, 4.69) is 18.2 Å². The largest absolute Gasteiger partial charge is 0.469 e. The van der Waals surface area contributed by atoms with Crippen LogP contribution >= 0.6 is 11.8 Å². The third-order valence-electron chi connectivity index (χ3n) is 3.06. The molecule has 0 saturated heterocycles. The molecule has 0 N–H and O–H groups in total. The quantitative estimate of drug-likeness (QED) is 0.598. The number of carbonyl (C=O) groups excluding carboxylic acids is 1. The number of ether oxygens (including phenoxy) is 1. The van der Waals surface area contributed by atoms with Crippen molar-refractivity contribution in [3.8, 4) is 0 Å². The number of esters is 1. The zero-order chi connectivity index (χ0) is 14.2. The van der Waals surface area contributed by atoms with E-state index in [0.29, 0.717) is 6.42 Å². The normalized spacial score (nSPS) is 10.2. The Morgan fingerprint density at radius 1 is 1.00 bits per heavy atom. The minimum Gasteiger partial charge on any atom is -0.469 e. The van der Waals surface area contributed by atoms with Crippen molar-refractivity contribution in [2.45, 2.75) is 17.7 Å². The highest BCUT2D eigenvalue weighted by molar-refractivity contribution is 7.99. The Bertz CT molecular complexity index is 552. The second-order valence-electron chi connectivity index (χ2n) is 4.43. The second kappa shape index (κ2) is 7.75. The van der Waals surface area contributed by atoms with Gasteiger partial charge in [0.05, 0.1) is 13.5 Å². The third-order valence-corrected chi connectivity index (χ3v) is 4.08. The summed E-state index contributed by atoms with van der Waals surface area (Å²) in [6.45, 7) is 0. The summed E-state index contributed by atoms with van der Waals surface area (Å²) in [4.78, 5) is 12.7. The Kier molecular flexibility index (Phi) is 5.69. The Hall–Kier alpha value is -1.74. The second-order valence-corrected chi connectivity index (χ2v) is 5.60. The summed E-state index contributed by atoms with van der Waals surface area (Å²) in [5.74, 6) is 0.815. The molecule has 0 saturated carbocycles. The van der Waals surface area contributed by atoms with Gasteiger partial charge in [-0.3, -0.25) is 4.79 Å². The summed E-state index contributed by atoms with van der Waals surface area (Å²) >= 11 is 1.83. The van der Waals surface area contributed by atoms with Gasteiger partial charge in [-0.1, -0.05) is 42.5 Å². The van der Waals surface area contributed by atoms with Crippen molar-refractivity contribution in [3.05, 3.63) is 65.7 Å². The van der Waals surface area contributed by atoms with Crippen LogP contribution in [0.3, 0.4) is 0 Å². The first-order valence-electron chi connectivity index (χ1n) is 6.61. The van der Waals surface area contributed by atoms with Crippen LogP contribution in [0.4, 0.5) is 0 Å². The molecule has 0 aliphatic carbocycles. The third kappa shape index (κ3) is 4.42. The summed E-state index contributed by atoms with van der Waals surface area (Å²) in [6, 6.07) is 18.4. The lowest BCUT2D eigenvalue weighted by Gasteiger charge is -2.08. The van der Waals surface area contributed by atoms with Crippen molar-refractivity contribution < 1.29 is 9.53 Å². The first-order valence-corrected chi connectivity index (χ1v) is 7.59. The predicted molar refractivity (Wildman–Crippen MR) is 83.0 cm³/mol. The lowest BCUT2D eigenvalue weighted by Crippen LogP contribution is -2.07. The van der Waals surface area contributed by atoms with Gasteiger partial charge in [0.15, 0.2) is 0 Å². The molecule has 0 amide bonds. The summed E-state index contributed by atoms with van der Waals surface area (Å²) in [7, 11) is 1.43. The van der Waals surface area contributed by atoms with Crippen LogP contribution in [-0.4, -0.2) is 18.8 Å².